The lowest BCUT2D eigenvalue weighted by atomic mass is 10.0. The van der Waals surface area contributed by atoms with Crippen LogP contribution in [0.15, 0.2) is 22.5 Å². The Balaban J connectivity index is 1.43. The van der Waals surface area contributed by atoms with Crippen LogP contribution in [0.4, 0.5) is 5.13 Å². The van der Waals surface area contributed by atoms with Crippen molar-refractivity contribution in [2.24, 2.45) is 11.8 Å². The van der Waals surface area contributed by atoms with Crippen LogP contribution in [0, 0.1) is 11.8 Å². The smallest absolute Gasteiger partial charge is 0.273 e. The van der Waals surface area contributed by atoms with E-state index in [0.717, 1.165) is 31.3 Å². The van der Waals surface area contributed by atoms with Crippen molar-refractivity contribution < 1.29 is 4.79 Å². The van der Waals surface area contributed by atoms with Gasteiger partial charge in [0.25, 0.3) is 5.91 Å². The molecule has 2 aromatic heterocycles. The van der Waals surface area contributed by atoms with E-state index in [-0.39, 0.29) is 5.91 Å². The first-order valence-electron chi connectivity index (χ1n) is 6.63. The molecular weight excluding hydrogens is 292 g/mol. The first-order valence-corrected chi connectivity index (χ1v) is 8.45. The summed E-state index contributed by atoms with van der Waals surface area (Å²) in [5, 5.41) is 4.96. The summed E-state index contributed by atoms with van der Waals surface area (Å²) in [6, 6.07) is 0. The summed E-state index contributed by atoms with van der Waals surface area (Å²) in [4.78, 5) is 25.1. The monoisotopic (exact) mass is 306 g/mol. The van der Waals surface area contributed by atoms with E-state index >= 15 is 0 Å². The minimum Gasteiger partial charge on any atom is -0.347 e. The van der Waals surface area contributed by atoms with E-state index in [1.807, 2.05) is 21.9 Å². The van der Waals surface area contributed by atoms with E-state index in [0.29, 0.717) is 17.5 Å². The van der Waals surface area contributed by atoms with Gasteiger partial charge in [-0.15, -0.1) is 22.7 Å². The number of rotatable bonds is 2. The van der Waals surface area contributed by atoms with Gasteiger partial charge in [0.15, 0.2) is 5.13 Å². The Morgan fingerprint density at radius 1 is 1.20 bits per heavy atom. The number of thiazole rings is 2. The summed E-state index contributed by atoms with van der Waals surface area (Å²) in [5.74, 6) is 1.23. The summed E-state index contributed by atoms with van der Waals surface area (Å²) < 4.78 is 0. The molecule has 5 nitrogen and oxygen atoms in total. The highest BCUT2D eigenvalue weighted by molar-refractivity contribution is 7.13. The molecule has 2 saturated heterocycles. The van der Waals surface area contributed by atoms with E-state index in [4.69, 9.17) is 0 Å². The summed E-state index contributed by atoms with van der Waals surface area (Å²) >= 11 is 3.16. The molecule has 4 rings (SSSR count). The van der Waals surface area contributed by atoms with Gasteiger partial charge in [-0.1, -0.05) is 0 Å². The zero-order chi connectivity index (χ0) is 13.5. The van der Waals surface area contributed by atoms with Crippen LogP contribution in [0.3, 0.4) is 0 Å². The Bertz CT molecular complexity index is 584. The number of fused-ring (bicyclic) bond motifs is 1. The lowest BCUT2D eigenvalue weighted by molar-refractivity contribution is 0.0777. The SMILES string of the molecule is O=C(c1cscn1)N1CC2CN(c3nccs3)CC2C1. The second-order valence-corrected chi connectivity index (χ2v) is 6.92. The van der Waals surface area contributed by atoms with Gasteiger partial charge in [-0.2, -0.15) is 0 Å². The molecule has 4 heterocycles. The van der Waals surface area contributed by atoms with E-state index < -0.39 is 0 Å². The molecule has 2 aromatic rings. The maximum absolute atomic E-state index is 12.3. The van der Waals surface area contributed by atoms with Crippen LogP contribution in [-0.2, 0) is 0 Å². The number of likely N-dealkylation sites (tertiary alicyclic amines) is 1. The van der Waals surface area contributed by atoms with Crippen molar-refractivity contribution in [3.05, 3.63) is 28.2 Å². The van der Waals surface area contributed by atoms with Crippen LogP contribution in [-0.4, -0.2) is 47.0 Å². The van der Waals surface area contributed by atoms with E-state index in [1.54, 1.807) is 16.8 Å². The van der Waals surface area contributed by atoms with E-state index in [1.165, 1.54) is 11.3 Å². The normalized spacial score (nSPS) is 25.2. The summed E-state index contributed by atoms with van der Waals surface area (Å²) in [6.45, 7) is 3.73. The molecule has 2 fully saturated rings. The Labute approximate surface area is 124 Å². The van der Waals surface area contributed by atoms with Crippen LogP contribution < -0.4 is 4.90 Å². The number of anilines is 1. The second-order valence-electron chi connectivity index (χ2n) is 5.32. The van der Waals surface area contributed by atoms with Gasteiger partial charge in [0.05, 0.1) is 5.51 Å². The maximum Gasteiger partial charge on any atom is 0.273 e. The fourth-order valence-corrected chi connectivity index (χ4v) is 4.36. The van der Waals surface area contributed by atoms with Gasteiger partial charge in [0, 0.05) is 55.0 Å². The van der Waals surface area contributed by atoms with Gasteiger partial charge >= 0.3 is 0 Å². The number of carbonyl (C=O) groups is 1. The fourth-order valence-electron chi connectivity index (χ4n) is 3.17. The van der Waals surface area contributed by atoms with Crippen LogP contribution in [0.2, 0.25) is 0 Å². The number of hydrogen-bond acceptors (Lipinski definition) is 6. The van der Waals surface area contributed by atoms with Crippen LogP contribution >= 0.6 is 22.7 Å². The molecule has 0 bridgehead atoms. The lowest BCUT2D eigenvalue weighted by Gasteiger charge is -2.20. The largest absolute Gasteiger partial charge is 0.347 e. The third kappa shape index (κ3) is 2.01. The molecule has 1 amide bonds. The van der Waals surface area contributed by atoms with Gasteiger partial charge in [-0.3, -0.25) is 4.79 Å². The standard InChI is InChI=1S/C13H14N4OS2/c18-12(11-7-19-8-15-11)16-3-9-5-17(6-10(9)4-16)13-14-1-2-20-13/h1-2,7-10H,3-6H2. The quantitative estimate of drug-likeness (QED) is 0.849. The number of carbonyl (C=O) groups excluding carboxylic acids is 1. The zero-order valence-electron chi connectivity index (χ0n) is 10.8. The van der Waals surface area contributed by atoms with Gasteiger partial charge in [0.2, 0.25) is 0 Å². The predicted octanol–water partition coefficient (Wildman–Crippen LogP) is 1.81. The highest BCUT2D eigenvalue weighted by atomic mass is 32.1. The Morgan fingerprint density at radius 2 is 2.00 bits per heavy atom. The zero-order valence-corrected chi connectivity index (χ0v) is 12.4. The van der Waals surface area contributed by atoms with Crippen molar-refractivity contribution in [2.75, 3.05) is 31.1 Å². The fraction of sp³-hybridized carbons (Fsp3) is 0.462. The molecule has 0 saturated carbocycles. The highest BCUT2D eigenvalue weighted by Crippen LogP contribution is 2.35. The molecule has 0 radical (unpaired) electrons. The molecule has 2 unspecified atom stereocenters. The molecule has 0 spiro atoms. The minimum absolute atomic E-state index is 0.0847. The third-order valence-electron chi connectivity index (χ3n) is 4.11. The molecule has 0 aliphatic carbocycles. The Kier molecular flexibility index (Phi) is 2.96. The Morgan fingerprint density at radius 3 is 2.60 bits per heavy atom. The second kappa shape index (κ2) is 4.82. The number of aromatic nitrogens is 2. The molecular formula is C13H14N4OS2. The maximum atomic E-state index is 12.3. The van der Waals surface area contributed by atoms with Gasteiger partial charge in [-0.25, -0.2) is 9.97 Å². The molecule has 104 valence electrons. The molecule has 20 heavy (non-hydrogen) atoms. The van der Waals surface area contributed by atoms with Crippen molar-refractivity contribution in [1.82, 2.24) is 14.9 Å². The average Bonchev–Trinajstić information content (AvgIpc) is 3.19. The van der Waals surface area contributed by atoms with Crippen molar-refractivity contribution in [3.8, 4) is 0 Å². The molecule has 2 aliphatic heterocycles. The molecule has 2 aliphatic rings. The van der Waals surface area contributed by atoms with Gasteiger partial charge in [0.1, 0.15) is 5.69 Å². The summed E-state index contributed by atoms with van der Waals surface area (Å²) in [6.07, 6.45) is 1.85. The van der Waals surface area contributed by atoms with E-state index in [2.05, 4.69) is 14.9 Å². The first-order chi connectivity index (χ1) is 9.81. The van der Waals surface area contributed by atoms with E-state index in [9.17, 15) is 4.79 Å². The molecule has 7 heteroatoms. The van der Waals surface area contributed by atoms with Crippen molar-refractivity contribution in [2.45, 2.75) is 0 Å². The topological polar surface area (TPSA) is 49.3 Å². The molecule has 0 aromatic carbocycles. The number of hydrogen-bond donors (Lipinski definition) is 0. The van der Waals surface area contributed by atoms with Crippen molar-refractivity contribution in [3.63, 3.8) is 0 Å². The summed E-state index contributed by atoms with van der Waals surface area (Å²) in [7, 11) is 0. The van der Waals surface area contributed by atoms with Crippen molar-refractivity contribution >= 4 is 33.7 Å². The van der Waals surface area contributed by atoms with Crippen LogP contribution in [0.25, 0.3) is 0 Å². The van der Waals surface area contributed by atoms with Gasteiger partial charge in [-0.05, 0) is 0 Å². The number of nitrogens with zero attached hydrogens (tertiary/aromatic N) is 4. The molecule has 0 N–H and O–H groups in total. The summed E-state index contributed by atoms with van der Waals surface area (Å²) in [5.41, 5.74) is 2.31. The van der Waals surface area contributed by atoms with Crippen LogP contribution in [0.5, 0.6) is 0 Å². The lowest BCUT2D eigenvalue weighted by Crippen LogP contribution is -2.33. The highest BCUT2D eigenvalue weighted by Gasteiger charge is 2.42. The molecule has 2 atom stereocenters. The average molecular weight is 306 g/mol. The minimum atomic E-state index is 0.0847. The number of amides is 1. The van der Waals surface area contributed by atoms with Crippen LogP contribution in [0.1, 0.15) is 10.5 Å². The Hall–Kier alpha value is -1.47. The third-order valence-corrected chi connectivity index (χ3v) is 5.53. The van der Waals surface area contributed by atoms with Gasteiger partial charge < -0.3 is 9.80 Å². The first kappa shape index (κ1) is 12.3. The predicted molar refractivity (Wildman–Crippen MR) is 79.3 cm³/mol. The van der Waals surface area contributed by atoms with Crippen molar-refractivity contribution in [1.29, 1.82) is 0 Å².